The molecule has 1 aromatic carbocycles. The van der Waals surface area contributed by atoms with Crippen LogP contribution in [0.2, 0.25) is 0 Å². The molecule has 6 heteroatoms. The van der Waals surface area contributed by atoms with Crippen LogP contribution in [0.4, 0.5) is 0 Å². The molecule has 0 spiro atoms. The second kappa shape index (κ2) is 6.16. The van der Waals surface area contributed by atoms with Gasteiger partial charge in [0.2, 0.25) is 10.0 Å². The highest BCUT2D eigenvalue weighted by Gasteiger charge is 2.26. The van der Waals surface area contributed by atoms with E-state index in [0.29, 0.717) is 0 Å². The van der Waals surface area contributed by atoms with E-state index in [9.17, 15) is 8.42 Å². The first kappa shape index (κ1) is 15.7. The van der Waals surface area contributed by atoms with Crippen LogP contribution in [0.3, 0.4) is 0 Å². The summed E-state index contributed by atoms with van der Waals surface area (Å²) in [5.74, 6) is -0.00949. The zero-order valence-corrected chi connectivity index (χ0v) is 12.4. The molecule has 1 rings (SSSR count). The molecule has 106 valence electrons. The summed E-state index contributed by atoms with van der Waals surface area (Å²) in [6.45, 7) is 5.76. The average Bonchev–Trinajstić information content (AvgIpc) is 2.28. The molecule has 3 N–H and O–H groups in total. The van der Waals surface area contributed by atoms with E-state index >= 15 is 0 Å². The number of hydrogen-bond acceptors (Lipinski definition) is 3. The van der Waals surface area contributed by atoms with Gasteiger partial charge in [-0.15, -0.1) is 0 Å². The van der Waals surface area contributed by atoms with Crippen molar-refractivity contribution < 1.29 is 8.42 Å². The lowest BCUT2D eigenvalue weighted by Gasteiger charge is -2.25. The standard InChI is InChI=1S/C13H21N3O2S/c1-10(2)16(9-8-13(14)15)19(17,18)12-6-4-11(3)5-7-12/h4-7,10H,8-9H2,1-3H3,(H3,14,15). The molecule has 0 aliphatic carbocycles. The van der Waals surface area contributed by atoms with Gasteiger partial charge in [-0.05, 0) is 32.9 Å². The highest BCUT2D eigenvalue weighted by molar-refractivity contribution is 7.89. The van der Waals surface area contributed by atoms with Crippen molar-refractivity contribution in [1.29, 1.82) is 5.41 Å². The first-order chi connectivity index (χ1) is 8.75. The van der Waals surface area contributed by atoms with E-state index in [0.717, 1.165) is 5.56 Å². The summed E-state index contributed by atoms with van der Waals surface area (Å²) in [7, 11) is -3.53. The Hall–Kier alpha value is -1.40. The minimum Gasteiger partial charge on any atom is -0.388 e. The number of nitrogens with zero attached hydrogens (tertiary/aromatic N) is 1. The average molecular weight is 283 g/mol. The summed E-state index contributed by atoms with van der Waals surface area (Å²) in [4.78, 5) is 0.273. The van der Waals surface area contributed by atoms with Crippen LogP contribution in [-0.2, 0) is 10.0 Å². The Morgan fingerprint density at radius 2 is 1.84 bits per heavy atom. The van der Waals surface area contributed by atoms with Crippen LogP contribution in [0.5, 0.6) is 0 Å². The predicted molar refractivity (Wildman–Crippen MR) is 76.7 cm³/mol. The number of aryl methyl sites for hydroxylation is 1. The van der Waals surface area contributed by atoms with Gasteiger partial charge in [-0.25, -0.2) is 8.42 Å². The third-order valence-electron chi connectivity index (χ3n) is 2.81. The minimum atomic E-state index is -3.53. The van der Waals surface area contributed by atoms with Gasteiger partial charge in [0, 0.05) is 19.0 Å². The smallest absolute Gasteiger partial charge is 0.243 e. The maximum atomic E-state index is 12.5. The van der Waals surface area contributed by atoms with E-state index in [1.165, 1.54) is 4.31 Å². The molecule has 0 heterocycles. The van der Waals surface area contributed by atoms with Crippen LogP contribution in [0.1, 0.15) is 25.8 Å². The minimum absolute atomic E-state index is 0.00949. The summed E-state index contributed by atoms with van der Waals surface area (Å²) in [5, 5.41) is 7.22. The van der Waals surface area contributed by atoms with Crippen molar-refractivity contribution >= 4 is 15.9 Å². The van der Waals surface area contributed by atoms with Crippen molar-refractivity contribution in [3.63, 3.8) is 0 Å². The largest absolute Gasteiger partial charge is 0.388 e. The van der Waals surface area contributed by atoms with E-state index in [-0.39, 0.29) is 29.7 Å². The molecule has 0 unspecified atom stereocenters. The molecular weight excluding hydrogens is 262 g/mol. The first-order valence-electron chi connectivity index (χ1n) is 6.16. The Balaban J connectivity index is 3.05. The monoisotopic (exact) mass is 283 g/mol. The summed E-state index contributed by atoms with van der Waals surface area (Å²) in [5.41, 5.74) is 6.32. The summed E-state index contributed by atoms with van der Waals surface area (Å²) < 4.78 is 26.4. The van der Waals surface area contributed by atoms with Gasteiger partial charge in [0.1, 0.15) is 0 Å². The van der Waals surface area contributed by atoms with Gasteiger partial charge in [0.15, 0.2) is 0 Å². The normalized spacial score (nSPS) is 12.1. The molecule has 1 aromatic rings. The van der Waals surface area contributed by atoms with Crippen LogP contribution in [0.15, 0.2) is 29.2 Å². The zero-order valence-electron chi connectivity index (χ0n) is 11.6. The Kier molecular flexibility index (Phi) is 5.08. The molecule has 0 saturated heterocycles. The van der Waals surface area contributed by atoms with Gasteiger partial charge >= 0.3 is 0 Å². The Labute approximate surface area is 115 Å². The molecule has 0 radical (unpaired) electrons. The number of amidine groups is 1. The van der Waals surface area contributed by atoms with Crippen LogP contribution in [-0.4, -0.2) is 31.1 Å². The lowest BCUT2D eigenvalue weighted by molar-refractivity contribution is 0.361. The first-order valence-corrected chi connectivity index (χ1v) is 7.60. The van der Waals surface area contributed by atoms with Crippen molar-refractivity contribution in [3.8, 4) is 0 Å². The lowest BCUT2D eigenvalue weighted by atomic mass is 10.2. The molecule has 0 atom stereocenters. The van der Waals surface area contributed by atoms with Gasteiger partial charge in [0.25, 0.3) is 0 Å². The topological polar surface area (TPSA) is 87.2 Å². The Morgan fingerprint density at radius 3 is 2.26 bits per heavy atom. The highest BCUT2D eigenvalue weighted by Crippen LogP contribution is 2.19. The molecular formula is C13H21N3O2S. The highest BCUT2D eigenvalue weighted by atomic mass is 32.2. The molecule has 5 nitrogen and oxygen atoms in total. The molecule has 0 aliphatic rings. The van der Waals surface area contributed by atoms with E-state index in [2.05, 4.69) is 0 Å². The fraction of sp³-hybridized carbons (Fsp3) is 0.462. The van der Waals surface area contributed by atoms with Gasteiger partial charge in [-0.1, -0.05) is 17.7 Å². The van der Waals surface area contributed by atoms with E-state index < -0.39 is 10.0 Å². The maximum absolute atomic E-state index is 12.5. The maximum Gasteiger partial charge on any atom is 0.243 e. The van der Waals surface area contributed by atoms with Crippen LogP contribution < -0.4 is 5.73 Å². The Morgan fingerprint density at radius 1 is 1.32 bits per heavy atom. The predicted octanol–water partition coefficient (Wildman–Crippen LogP) is 1.72. The number of nitrogens with one attached hydrogen (secondary N) is 1. The SMILES string of the molecule is Cc1ccc(S(=O)(=O)N(CCC(=N)N)C(C)C)cc1. The molecule has 0 bridgehead atoms. The fourth-order valence-corrected chi connectivity index (χ4v) is 3.37. The molecule has 19 heavy (non-hydrogen) atoms. The number of hydrogen-bond donors (Lipinski definition) is 2. The number of nitrogens with two attached hydrogens (primary N) is 1. The van der Waals surface area contributed by atoms with E-state index in [4.69, 9.17) is 11.1 Å². The van der Waals surface area contributed by atoms with Crippen LogP contribution >= 0.6 is 0 Å². The van der Waals surface area contributed by atoms with Gasteiger partial charge in [-0.3, -0.25) is 5.41 Å². The van der Waals surface area contributed by atoms with Crippen molar-refractivity contribution in [2.45, 2.75) is 38.1 Å². The van der Waals surface area contributed by atoms with E-state index in [1.54, 1.807) is 24.3 Å². The van der Waals surface area contributed by atoms with Crippen LogP contribution in [0, 0.1) is 12.3 Å². The zero-order chi connectivity index (χ0) is 14.6. The van der Waals surface area contributed by atoms with Crippen molar-refractivity contribution in [2.24, 2.45) is 5.73 Å². The lowest BCUT2D eigenvalue weighted by Crippen LogP contribution is -2.39. The summed E-state index contributed by atoms with van der Waals surface area (Å²) in [6, 6.07) is 6.58. The molecule has 0 amide bonds. The molecule has 0 fully saturated rings. The van der Waals surface area contributed by atoms with Gasteiger partial charge in [-0.2, -0.15) is 4.31 Å². The fourth-order valence-electron chi connectivity index (χ4n) is 1.73. The third kappa shape index (κ3) is 4.04. The second-order valence-electron chi connectivity index (χ2n) is 4.80. The summed E-state index contributed by atoms with van der Waals surface area (Å²) in [6.07, 6.45) is 0.239. The molecule has 0 aromatic heterocycles. The van der Waals surface area contributed by atoms with Gasteiger partial charge in [0.05, 0.1) is 10.7 Å². The van der Waals surface area contributed by atoms with Crippen molar-refractivity contribution in [1.82, 2.24) is 4.31 Å². The van der Waals surface area contributed by atoms with Gasteiger partial charge < -0.3 is 5.73 Å². The number of rotatable bonds is 6. The quantitative estimate of drug-likeness (QED) is 0.615. The van der Waals surface area contributed by atoms with Crippen molar-refractivity contribution in [2.75, 3.05) is 6.54 Å². The van der Waals surface area contributed by atoms with Crippen LogP contribution in [0.25, 0.3) is 0 Å². The Bertz CT molecular complexity index is 536. The molecule has 0 saturated carbocycles. The third-order valence-corrected chi connectivity index (χ3v) is 4.89. The van der Waals surface area contributed by atoms with E-state index in [1.807, 2.05) is 20.8 Å². The second-order valence-corrected chi connectivity index (χ2v) is 6.69. The summed E-state index contributed by atoms with van der Waals surface area (Å²) >= 11 is 0. The number of benzene rings is 1. The molecule has 0 aliphatic heterocycles. The van der Waals surface area contributed by atoms with Crippen molar-refractivity contribution in [3.05, 3.63) is 29.8 Å². The number of sulfonamides is 1.